The zero-order chi connectivity index (χ0) is 13.1. The maximum atomic E-state index is 3.54. The molecule has 0 radical (unpaired) electrons. The van der Waals surface area contributed by atoms with Crippen LogP contribution in [-0.4, -0.2) is 25.2 Å². The second-order valence-electron chi connectivity index (χ2n) is 5.84. The molecular formula is C16H26N2. The first-order valence-electron chi connectivity index (χ1n) is 7.17. The Labute approximate surface area is 111 Å². The monoisotopic (exact) mass is 246 g/mol. The minimum Gasteiger partial charge on any atom is -0.367 e. The van der Waals surface area contributed by atoms with Crippen molar-refractivity contribution in [3.05, 3.63) is 29.3 Å². The summed E-state index contributed by atoms with van der Waals surface area (Å²) in [5, 5.41) is 3.54. The van der Waals surface area contributed by atoms with Crippen LogP contribution < -0.4 is 10.2 Å². The Kier molecular flexibility index (Phi) is 4.28. The van der Waals surface area contributed by atoms with Gasteiger partial charge in [0.05, 0.1) is 0 Å². The van der Waals surface area contributed by atoms with Crippen LogP contribution in [0.3, 0.4) is 0 Å². The van der Waals surface area contributed by atoms with Crippen molar-refractivity contribution in [2.24, 2.45) is 0 Å². The van der Waals surface area contributed by atoms with E-state index >= 15 is 0 Å². The number of hydrogen-bond acceptors (Lipinski definition) is 2. The van der Waals surface area contributed by atoms with E-state index in [0.29, 0.717) is 12.1 Å². The normalized spacial score (nSPS) is 16.8. The quantitative estimate of drug-likeness (QED) is 0.878. The molecule has 0 saturated carbocycles. The first-order chi connectivity index (χ1) is 8.58. The molecule has 0 saturated heterocycles. The van der Waals surface area contributed by atoms with Crippen LogP contribution in [0.15, 0.2) is 18.2 Å². The Hall–Kier alpha value is -1.02. The van der Waals surface area contributed by atoms with E-state index in [2.05, 4.69) is 56.1 Å². The number of fused-ring (bicyclic) bond motifs is 1. The van der Waals surface area contributed by atoms with Gasteiger partial charge < -0.3 is 10.2 Å². The summed E-state index contributed by atoms with van der Waals surface area (Å²) in [6, 6.07) is 8.02. The van der Waals surface area contributed by atoms with Gasteiger partial charge in [0, 0.05) is 30.9 Å². The second-order valence-corrected chi connectivity index (χ2v) is 5.84. The van der Waals surface area contributed by atoms with Gasteiger partial charge in [0.25, 0.3) is 0 Å². The summed E-state index contributed by atoms with van der Waals surface area (Å²) in [7, 11) is 0. The Bertz CT molecular complexity index is 398. The second kappa shape index (κ2) is 5.75. The number of nitrogens with zero attached hydrogens (tertiary/aromatic N) is 1. The van der Waals surface area contributed by atoms with Gasteiger partial charge in [0.15, 0.2) is 0 Å². The fourth-order valence-electron chi connectivity index (χ4n) is 2.73. The molecule has 1 aliphatic heterocycles. The van der Waals surface area contributed by atoms with Gasteiger partial charge in [-0.1, -0.05) is 31.5 Å². The lowest BCUT2D eigenvalue weighted by molar-refractivity contribution is 0.506. The van der Waals surface area contributed by atoms with Crippen LogP contribution >= 0.6 is 0 Å². The topological polar surface area (TPSA) is 15.3 Å². The van der Waals surface area contributed by atoms with E-state index in [1.807, 2.05) is 0 Å². The third-order valence-corrected chi connectivity index (χ3v) is 3.74. The average Bonchev–Trinajstić information content (AvgIpc) is 2.34. The Morgan fingerprint density at radius 3 is 2.78 bits per heavy atom. The predicted molar refractivity (Wildman–Crippen MR) is 79.4 cm³/mol. The standard InChI is InChI=1S/C16H26N2/c1-12(2)17-11-14(4)18-9-5-6-15-10-13(3)7-8-16(15)18/h7-8,10,12,14,17H,5-6,9,11H2,1-4H3. The van der Waals surface area contributed by atoms with E-state index in [9.17, 15) is 0 Å². The van der Waals surface area contributed by atoms with Gasteiger partial charge in [-0.05, 0) is 38.3 Å². The maximum Gasteiger partial charge on any atom is 0.0401 e. The molecule has 1 N–H and O–H groups in total. The van der Waals surface area contributed by atoms with Crippen LogP contribution in [-0.2, 0) is 6.42 Å². The lowest BCUT2D eigenvalue weighted by atomic mass is 9.98. The third-order valence-electron chi connectivity index (χ3n) is 3.74. The smallest absolute Gasteiger partial charge is 0.0401 e. The summed E-state index contributed by atoms with van der Waals surface area (Å²) >= 11 is 0. The summed E-state index contributed by atoms with van der Waals surface area (Å²) in [5.74, 6) is 0. The molecule has 0 bridgehead atoms. The van der Waals surface area contributed by atoms with E-state index in [4.69, 9.17) is 0 Å². The molecule has 2 rings (SSSR count). The highest BCUT2D eigenvalue weighted by atomic mass is 15.2. The molecule has 0 aromatic heterocycles. The number of nitrogens with one attached hydrogen (secondary N) is 1. The summed E-state index contributed by atoms with van der Waals surface area (Å²) < 4.78 is 0. The van der Waals surface area contributed by atoms with Gasteiger partial charge in [-0.15, -0.1) is 0 Å². The summed E-state index contributed by atoms with van der Waals surface area (Å²) in [5.41, 5.74) is 4.35. The Balaban J connectivity index is 2.11. The van der Waals surface area contributed by atoms with E-state index in [0.717, 1.165) is 6.54 Å². The van der Waals surface area contributed by atoms with Gasteiger partial charge >= 0.3 is 0 Å². The fourth-order valence-corrected chi connectivity index (χ4v) is 2.73. The molecule has 18 heavy (non-hydrogen) atoms. The molecular weight excluding hydrogens is 220 g/mol. The molecule has 1 aromatic carbocycles. The summed E-state index contributed by atoms with van der Waals surface area (Å²) in [4.78, 5) is 2.56. The van der Waals surface area contributed by atoms with E-state index in [1.54, 1.807) is 0 Å². The van der Waals surface area contributed by atoms with Crippen molar-refractivity contribution < 1.29 is 0 Å². The lowest BCUT2D eigenvalue weighted by Crippen LogP contribution is -2.44. The van der Waals surface area contributed by atoms with Gasteiger partial charge in [-0.25, -0.2) is 0 Å². The SMILES string of the molecule is Cc1ccc2c(c1)CCCN2C(C)CNC(C)C. The van der Waals surface area contributed by atoms with Crippen molar-refractivity contribution >= 4 is 5.69 Å². The highest BCUT2D eigenvalue weighted by molar-refractivity contribution is 5.57. The van der Waals surface area contributed by atoms with Gasteiger partial charge in [0.1, 0.15) is 0 Å². The van der Waals surface area contributed by atoms with Crippen LogP contribution in [0, 0.1) is 6.92 Å². The zero-order valence-corrected chi connectivity index (χ0v) is 12.2. The molecule has 1 aliphatic rings. The van der Waals surface area contributed by atoms with Crippen molar-refractivity contribution in [2.45, 2.75) is 52.6 Å². The van der Waals surface area contributed by atoms with Gasteiger partial charge in [-0.2, -0.15) is 0 Å². The number of hydrogen-bond donors (Lipinski definition) is 1. The molecule has 2 heteroatoms. The van der Waals surface area contributed by atoms with Crippen LogP contribution in [0.1, 0.15) is 38.3 Å². The highest BCUT2D eigenvalue weighted by Crippen LogP contribution is 2.29. The summed E-state index contributed by atoms with van der Waals surface area (Å²) in [6.45, 7) is 11.2. The van der Waals surface area contributed by atoms with Crippen molar-refractivity contribution in [3.63, 3.8) is 0 Å². The predicted octanol–water partition coefficient (Wildman–Crippen LogP) is 3.13. The molecule has 2 nitrogen and oxygen atoms in total. The van der Waals surface area contributed by atoms with E-state index in [-0.39, 0.29) is 0 Å². The summed E-state index contributed by atoms with van der Waals surface area (Å²) in [6.07, 6.45) is 2.51. The molecule has 100 valence electrons. The molecule has 0 amide bonds. The Morgan fingerprint density at radius 2 is 2.06 bits per heavy atom. The molecule has 1 atom stereocenters. The highest BCUT2D eigenvalue weighted by Gasteiger charge is 2.21. The van der Waals surface area contributed by atoms with Crippen molar-refractivity contribution in [1.29, 1.82) is 0 Å². The molecule has 1 aromatic rings. The van der Waals surface area contributed by atoms with Crippen molar-refractivity contribution in [1.82, 2.24) is 5.32 Å². The molecule has 0 fully saturated rings. The van der Waals surface area contributed by atoms with E-state index < -0.39 is 0 Å². The number of benzene rings is 1. The van der Waals surface area contributed by atoms with Crippen molar-refractivity contribution in [2.75, 3.05) is 18.0 Å². The molecule has 1 heterocycles. The average molecular weight is 246 g/mol. The fraction of sp³-hybridized carbons (Fsp3) is 0.625. The van der Waals surface area contributed by atoms with E-state index in [1.165, 1.54) is 36.2 Å². The van der Waals surface area contributed by atoms with Crippen LogP contribution in [0.2, 0.25) is 0 Å². The van der Waals surface area contributed by atoms with Gasteiger partial charge in [0.2, 0.25) is 0 Å². The number of rotatable bonds is 4. The minimum atomic E-state index is 0.564. The van der Waals surface area contributed by atoms with Crippen LogP contribution in [0.25, 0.3) is 0 Å². The first kappa shape index (κ1) is 13.4. The van der Waals surface area contributed by atoms with Crippen LogP contribution in [0.5, 0.6) is 0 Å². The minimum absolute atomic E-state index is 0.564. The Morgan fingerprint density at radius 1 is 1.28 bits per heavy atom. The molecule has 0 aliphatic carbocycles. The molecule has 0 spiro atoms. The number of anilines is 1. The zero-order valence-electron chi connectivity index (χ0n) is 12.2. The maximum absolute atomic E-state index is 3.54. The first-order valence-corrected chi connectivity index (χ1v) is 7.17. The largest absolute Gasteiger partial charge is 0.367 e. The van der Waals surface area contributed by atoms with Crippen LogP contribution in [0.4, 0.5) is 5.69 Å². The third kappa shape index (κ3) is 3.05. The van der Waals surface area contributed by atoms with Crippen molar-refractivity contribution in [3.8, 4) is 0 Å². The lowest BCUT2D eigenvalue weighted by Gasteiger charge is -2.37. The number of aryl methyl sites for hydroxylation is 2. The molecule has 1 unspecified atom stereocenters. The van der Waals surface area contributed by atoms with Gasteiger partial charge in [-0.3, -0.25) is 0 Å².